The van der Waals surface area contributed by atoms with E-state index in [4.69, 9.17) is 0 Å². The van der Waals surface area contributed by atoms with Crippen molar-refractivity contribution in [1.29, 1.82) is 5.26 Å². The second kappa shape index (κ2) is 8.30. The lowest BCUT2D eigenvalue weighted by molar-refractivity contribution is 0.238. The number of allylic oxidation sites excluding steroid dienone is 6. The number of hydrogen-bond acceptors (Lipinski definition) is 1. The van der Waals surface area contributed by atoms with Crippen LogP contribution in [0.4, 0.5) is 4.39 Å². The molecule has 1 fully saturated rings. The van der Waals surface area contributed by atoms with Crippen molar-refractivity contribution in [1.82, 2.24) is 0 Å². The normalized spacial score (nSPS) is 31.9. The maximum Gasteiger partial charge on any atom is 0.0962 e. The quantitative estimate of drug-likeness (QED) is 0.594. The number of nitriles is 1. The molecule has 0 bridgehead atoms. The van der Waals surface area contributed by atoms with E-state index >= 15 is 0 Å². The van der Waals surface area contributed by atoms with E-state index in [1.54, 1.807) is 0 Å². The third-order valence-corrected chi connectivity index (χ3v) is 5.67. The van der Waals surface area contributed by atoms with Gasteiger partial charge in [0, 0.05) is 5.92 Å². The largest absolute Gasteiger partial charge is 0.251 e. The minimum absolute atomic E-state index is 0.266. The van der Waals surface area contributed by atoms with Gasteiger partial charge in [0.2, 0.25) is 0 Å². The Morgan fingerprint density at radius 2 is 1.76 bits per heavy atom. The zero-order valence-corrected chi connectivity index (χ0v) is 14.7. The molecule has 0 heterocycles. The van der Waals surface area contributed by atoms with E-state index in [9.17, 15) is 9.65 Å². The van der Waals surface area contributed by atoms with E-state index in [-0.39, 0.29) is 12.6 Å². The van der Waals surface area contributed by atoms with Crippen LogP contribution >= 0.6 is 0 Å². The molecule has 0 aromatic heterocycles. The van der Waals surface area contributed by atoms with E-state index < -0.39 is 5.41 Å². The topological polar surface area (TPSA) is 23.8 Å². The first kappa shape index (κ1) is 17.7. The van der Waals surface area contributed by atoms with E-state index in [1.165, 1.54) is 5.56 Å². The van der Waals surface area contributed by atoms with Gasteiger partial charge in [0.05, 0.1) is 18.2 Å². The van der Waals surface area contributed by atoms with Gasteiger partial charge in [-0.15, -0.1) is 0 Å². The van der Waals surface area contributed by atoms with Crippen molar-refractivity contribution < 1.29 is 4.39 Å². The highest BCUT2D eigenvalue weighted by molar-refractivity contribution is 5.38. The first-order chi connectivity index (χ1) is 12.3. The van der Waals surface area contributed by atoms with E-state index in [0.717, 1.165) is 25.7 Å². The molecule has 2 aliphatic rings. The lowest BCUT2D eigenvalue weighted by Gasteiger charge is -2.37. The molecule has 0 unspecified atom stereocenters. The van der Waals surface area contributed by atoms with Crippen LogP contribution in [0.5, 0.6) is 0 Å². The Morgan fingerprint density at radius 1 is 1.08 bits per heavy atom. The predicted molar refractivity (Wildman–Crippen MR) is 101 cm³/mol. The fourth-order valence-electron chi connectivity index (χ4n) is 4.12. The molecule has 25 heavy (non-hydrogen) atoms. The van der Waals surface area contributed by atoms with Gasteiger partial charge in [-0.05, 0) is 49.5 Å². The van der Waals surface area contributed by atoms with Gasteiger partial charge in [-0.2, -0.15) is 5.26 Å². The van der Waals surface area contributed by atoms with Crippen LogP contribution in [0.25, 0.3) is 0 Å². The highest BCUT2D eigenvalue weighted by atomic mass is 19.1. The summed E-state index contributed by atoms with van der Waals surface area (Å²) in [6.45, 7) is -0.276. The molecule has 0 saturated heterocycles. The molecule has 2 aliphatic carbocycles. The molecule has 3 rings (SSSR count). The van der Waals surface area contributed by atoms with Gasteiger partial charge in [0.1, 0.15) is 0 Å². The Balaban J connectivity index is 1.64. The van der Waals surface area contributed by atoms with E-state index in [2.05, 4.69) is 60.7 Å². The molecule has 1 aromatic rings. The number of benzene rings is 1. The standard InChI is InChI=1S/C23H26FN/c24-17-5-4-6-19-9-11-22(12-10-19)23(18-25)15-13-21(14-16-23)20-7-2-1-3-8-20/h1-4,6-8,13-16,19,21-22H,5,9-12,17H2/b6-4+. The molecule has 0 amide bonds. The van der Waals surface area contributed by atoms with Gasteiger partial charge in [0.25, 0.3) is 0 Å². The van der Waals surface area contributed by atoms with Crippen molar-refractivity contribution in [3.63, 3.8) is 0 Å². The van der Waals surface area contributed by atoms with Crippen molar-refractivity contribution in [2.45, 2.75) is 38.0 Å². The number of halogens is 1. The molecule has 130 valence electrons. The lowest BCUT2D eigenvalue weighted by atomic mass is 9.65. The van der Waals surface area contributed by atoms with E-state index in [1.807, 2.05) is 12.1 Å². The summed E-state index contributed by atoms with van der Waals surface area (Å²) in [5.41, 5.74) is 0.807. The fourth-order valence-corrected chi connectivity index (χ4v) is 4.12. The minimum atomic E-state index is -0.459. The Kier molecular flexibility index (Phi) is 5.87. The molecule has 0 spiro atoms. The molecule has 0 radical (unpaired) electrons. The predicted octanol–water partition coefficient (Wildman–Crippen LogP) is 6.13. The highest BCUT2D eigenvalue weighted by Gasteiger charge is 2.38. The molecule has 1 aromatic carbocycles. The monoisotopic (exact) mass is 335 g/mol. The van der Waals surface area contributed by atoms with Crippen LogP contribution < -0.4 is 0 Å². The van der Waals surface area contributed by atoms with Crippen LogP contribution in [0.2, 0.25) is 0 Å². The van der Waals surface area contributed by atoms with Crippen LogP contribution in [0.3, 0.4) is 0 Å². The number of alkyl halides is 1. The summed E-state index contributed by atoms with van der Waals surface area (Å²) >= 11 is 0. The lowest BCUT2D eigenvalue weighted by Crippen LogP contribution is -2.30. The smallest absolute Gasteiger partial charge is 0.0962 e. The van der Waals surface area contributed by atoms with Gasteiger partial charge >= 0.3 is 0 Å². The summed E-state index contributed by atoms with van der Waals surface area (Å²) in [6, 6.07) is 13.0. The average molecular weight is 335 g/mol. The van der Waals surface area contributed by atoms with Crippen LogP contribution in [0.1, 0.15) is 43.6 Å². The fraction of sp³-hybridized carbons (Fsp3) is 0.435. The molecular weight excluding hydrogens is 309 g/mol. The van der Waals surface area contributed by atoms with E-state index in [0.29, 0.717) is 18.3 Å². The zero-order chi connectivity index (χ0) is 17.5. The zero-order valence-electron chi connectivity index (χ0n) is 14.7. The summed E-state index contributed by atoms with van der Waals surface area (Å²) in [6.07, 6.45) is 17.6. The Bertz CT molecular complexity index is 658. The highest BCUT2D eigenvalue weighted by Crippen LogP contribution is 2.45. The summed E-state index contributed by atoms with van der Waals surface area (Å²) in [5, 5.41) is 9.88. The maximum atomic E-state index is 12.2. The number of nitrogens with zero attached hydrogens (tertiary/aromatic N) is 1. The van der Waals surface area contributed by atoms with Crippen molar-refractivity contribution in [3.8, 4) is 6.07 Å². The van der Waals surface area contributed by atoms with Gasteiger partial charge in [0.15, 0.2) is 0 Å². The SMILES string of the molecule is N#CC1(C2CCC(/C=C/CCF)CC2)C=CC(c2ccccc2)C=C1. The number of rotatable bonds is 5. The Morgan fingerprint density at radius 3 is 2.36 bits per heavy atom. The van der Waals surface area contributed by atoms with Gasteiger partial charge in [-0.1, -0.05) is 66.8 Å². The third kappa shape index (κ3) is 4.10. The second-order valence-corrected chi connectivity index (χ2v) is 7.22. The molecule has 0 atom stereocenters. The van der Waals surface area contributed by atoms with Gasteiger partial charge < -0.3 is 0 Å². The molecule has 1 nitrogen and oxygen atoms in total. The van der Waals surface area contributed by atoms with Crippen LogP contribution in [0.15, 0.2) is 66.8 Å². The molecule has 2 heteroatoms. The molecule has 1 saturated carbocycles. The third-order valence-electron chi connectivity index (χ3n) is 5.67. The van der Waals surface area contributed by atoms with Gasteiger partial charge in [-0.25, -0.2) is 0 Å². The van der Waals surface area contributed by atoms with Crippen molar-refractivity contribution >= 4 is 0 Å². The molecular formula is C23H26FN. The van der Waals surface area contributed by atoms with Crippen molar-refractivity contribution in [3.05, 3.63) is 72.4 Å². The molecule has 0 aliphatic heterocycles. The van der Waals surface area contributed by atoms with Crippen LogP contribution in [-0.4, -0.2) is 6.67 Å². The molecule has 0 N–H and O–H groups in total. The Hall–Kier alpha value is -2.14. The second-order valence-electron chi connectivity index (χ2n) is 7.22. The summed E-state index contributed by atoms with van der Waals surface area (Å²) < 4.78 is 12.2. The maximum absolute atomic E-state index is 12.2. The minimum Gasteiger partial charge on any atom is -0.251 e. The van der Waals surface area contributed by atoms with Crippen LogP contribution in [0, 0.1) is 28.6 Å². The first-order valence-electron chi connectivity index (χ1n) is 9.35. The average Bonchev–Trinajstić information content (AvgIpc) is 2.69. The van der Waals surface area contributed by atoms with Crippen molar-refractivity contribution in [2.24, 2.45) is 17.3 Å². The van der Waals surface area contributed by atoms with Crippen LogP contribution in [-0.2, 0) is 0 Å². The first-order valence-corrected chi connectivity index (χ1v) is 9.35. The summed E-state index contributed by atoms with van der Waals surface area (Å²) in [4.78, 5) is 0. The Labute approximate surface area is 150 Å². The summed E-state index contributed by atoms with van der Waals surface area (Å²) in [7, 11) is 0. The number of hydrogen-bond donors (Lipinski definition) is 0. The van der Waals surface area contributed by atoms with Crippen molar-refractivity contribution in [2.75, 3.05) is 6.67 Å². The van der Waals surface area contributed by atoms with Gasteiger partial charge in [-0.3, -0.25) is 4.39 Å². The summed E-state index contributed by atoms with van der Waals surface area (Å²) in [5.74, 6) is 1.20.